The molecule has 120 valence electrons. The molecule has 4 heteroatoms. The highest BCUT2D eigenvalue weighted by atomic mass is 16.5. The van der Waals surface area contributed by atoms with E-state index >= 15 is 0 Å². The smallest absolute Gasteiger partial charge is 0.257 e. The van der Waals surface area contributed by atoms with Crippen molar-refractivity contribution in [3.63, 3.8) is 0 Å². The Bertz CT molecular complexity index is 614. The summed E-state index contributed by atoms with van der Waals surface area (Å²) in [5.41, 5.74) is 1.05. The minimum Gasteiger partial charge on any atom is -0.368 e. The van der Waals surface area contributed by atoms with Crippen molar-refractivity contribution in [2.75, 3.05) is 11.5 Å². The van der Waals surface area contributed by atoms with Crippen molar-refractivity contribution in [1.82, 2.24) is 4.98 Å². The number of benzene rings is 1. The van der Waals surface area contributed by atoms with E-state index in [0.717, 1.165) is 12.0 Å². The molecule has 1 aromatic carbocycles. The molecule has 0 bridgehead atoms. The van der Waals surface area contributed by atoms with Crippen LogP contribution in [0.3, 0.4) is 0 Å². The van der Waals surface area contributed by atoms with Gasteiger partial charge in [-0.05, 0) is 31.0 Å². The molecule has 0 aliphatic heterocycles. The highest BCUT2D eigenvalue weighted by molar-refractivity contribution is 5.95. The summed E-state index contributed by atoms with van der Waals surface area (Å²) >= 11 is 0. The quantitative estimate of drug-likeness (QED) is 0.553. The molecule has 4 nitrogen and oxygen atoms in total. The van der Waals surface area contributed by atoms with Crippen molar-refractivity contribution in [2.24, 2.45) is 0 Å². The van der Waals surface area contributed by atoms with Crippen molar-refractivity contribution in [2.45, 2.75) is 26.0 Å². The predicted molar refractivity (Wildman–Crippen MR) is 92.1 cm³/mol. The topological polar surface area (TPSA) is 42.4 Å². The molecular formula is C19H22N2O2. The Morgan fingerprint density at radius 2 is 2.00 bits per heavy atom. The lowest BCUT2D eigenvalue weighted by Crippen LogP contribution is -2.39. The van der Waals surface area contributed by atoms with Crippen LogP contribution in [-0.4, -0.2) is 23.6 Å². The number of carbonyl (C=O) groups excluding carboxylic acids is 1. The Morgan fingerprint density at radius 1 is 1.26 bits per heavy atom. The molecular weight excluding hydrogens is 288 g/mol. The van der Waals surface area contributed by atoms with Crippen molar-refractivity contribution in [3.05, 3.63) is 72.9 Å². The first kappa shape index (κ1) is 16.9. The maximum absolute atomic E-state index is 12.8. The van der Waals surface area contributed by atoms with Crippen LogP contribution in [0.15, 0.2) is 67.4 Å². The summed E-state index contributed by atoms with van der Waals surface area (Å²) in [5.74, 6) is 0.525. The number of carbonyl (C=O) groups is 1. The van der Waals surface area contributed by atoms with Crippen LogP contribution in [0.25, 0.3) is 0 Å². The fraction of sp³-hybridized carbons (Fsp3) is 0.263. The SMILES string of the molecule is C=CCCOC(C)C(=O)N(Cc1ccccc1)c1ccccn1. The third-order valence-corrected chi connectivity index (χ3v) is 3.41. The van der Waals surface area contributed by atoms with Gasteiger partial charge < -0.3 is 4.74 Å². The Hall–Kier alpha value is -2.46. The van der Waals surface area contributed by atoms with E-state index in [9.17, 15) is 4.79 Å². The largest absolute Gasteiger partial charge is 0.368 e. The first-order valence-electron chi connectivity index (χ1n) is 7.71. The maximum Gasteiger partial charge on any atom is 0.257 e. The van der Waals surface area contributed by atoms with Gasteiger partial charge >= 0.3 is 0 Å². The first-order chi connectivity index (χ1) is 11.2. The van der Waals surface area contributed by atoms with Crippen LogP contribution < -0.4 is 4.90 Å². The molecule has 2 aromatic rings. The number of pyridine rings is 1. The Kier molecular flexibility index (Phi) is 6.51. The van der Waals surface area contributed by atoms with Gasteiger partial charge in [-0.1, -0.05) is 42.5 Å². The molecule has 1 amide bonds. The van der Waals surface area contributed by atoms with E-state index in [2.05, 4.69) is 11.6 Å². The molecule has 0 fully saturated rings. The number of nitrogens with zero attached hydrogens (tertiary/aromatic N) is 2. The average molecular weight is 310 g/mol. The highest BCUT2D eigenvalue weighted by Crippen LogP contribution is 2.16. The molecule has 1 heterocycles. The van der Waals surface area contributed by atoms with Gasteiger partial charge in [-0.2, -0.15) is 0 Å². The zero-order valence-corrected chi connectivity index (χ0v) is 13.4. The third kappa shape index (κ3) is 5.04. The van der Waals surface area contributed by atoms with E-state index in [1.807, 2.05) is 48.5 Å². The van der Waals surface area contributed by atoms with E-state index in [0.29, 0.717) is 19.0 Å². The van der Waals surface area contributed by atoms with Crippen molar-refractivity contribution >= 4 is 11.7 Å². The number of aromatic nitrogens is 1. The van der Waals surface area contributed by atoms with Gasteiger partial charge in [0.2, 0.25) is 0 Å². The van der Waals surface area contributed by atoms with Gasteiger partial charge in [0.05, 0.1) is 13.2 Å². The lowest BCUT2D eigenvalue weighted by molar-refractivity contribution is -0.129. The van der Waals surface area contributed by atoms with Crippen molar-refractivity contribution < 1.29 is 9.53 Å². The molecule has 0 spiro atoms. The molecule has 2 rings (SSSR count). The summed E-state index contributed by atoms with van der Waals surface area (Å²) in [4.78, 5) is 18.7. The number of ether oxygens (including phenoxy) is 1. The highest BCUT2D eigenvalue weighted by Gasteiger charge is 2.23. The number of rotatable bonds is 8. The summed E-state index contributed by atoms with van der Waals surface area (Å²) in [6, 6.07) is 15.4. The van der Waals surface area contributed by atoms with E-state index in [-0.39, 0.29) is 5.91 Å². The number of hydrogen-bond donors (Lipinski definition) is 0. The van der Waals surface area contributed by atoms with Crippen molar-refractivity contribution in [3.8, 4) is 0 Å². The average Bonchev–Trinajstić information content (AvgIpc) is 2.61. The zero-order chi connectivity index (χ0) is 16.5. The second-order valence-corrected chi connectivity index (χ2v) is 5.19. The van der Waals surface area contributed by atoms with Crippen LogP contribution >= 0.6 is 0 Å². The summed E-state index contributed by atoms with van der Waals surface area (Å²) in [5, 5.41) is 0. The zero-order valence-electron chi connectivity index (χ0n) is 13.4. The minimum absolute atomic E-state index is 0.100. The number of hydrogen-bond acceptors (Lipinski definition) is 3. The lowest BCUT2D eigenvalue weighted by atomic mass is 10.2. The van der Waals surface area contributed by atoms with Crippen molar-refractivity contribution in [1.29, 1.82) is 0 Å². The monoisotopic (exact) mass is 310 g/mol. The Morgan fingerprint density at radius 3 is 2.65 bits per heavy atom. The molecule has 23 heavy (non-hydrogen) atoms. The van der Waals surface area contributed by atoms with Gasteiger partial charge in [-0.3, -0.25) is 9.69 Å². The summed E-state index contributed by atoms with van der Waals surface area (Å²) in [6.45, 7) is 6.37. The molecule has 0 radical (unpaired) electrons. The Labute approximate surface area is 137 Å². The fourth-order valence-corrected chi connectivity index (χ4v) is 2.17. The van der Waals surface area contributed by atoms with Gasteiger partial charge in [-0.15, -0.1) is 6.58 Å². The molecule has 1 unspecified atom stereocenters. The van der Waals surface area contributed by atoms with Crippen LogP contribution in [0.2, 0.25) is 0 Å². The van der Waals surface area contributed by atoms with Crippen LogP contribution in [0, 0.1) is 0 Å². The van der Waals surface area contributed by atoms with E-state index < -0.39 is 6.10 Å². The minimum atomic E-state index is -0.527. The van der Waals surface area contributed by atoms with Crippen LogP contribution in [-0.2, 0) is 16.1 Å². The molecule has 1 aromatic heterocycles. The van der Waals surface area contributed by atoms with Gasteiger partial charge in [-0.25, -0.2) is 4.98 Å². The summed E-state index contributed by atoms with van der Waals surface area (Å²) < 4.78 is 5.59. The van der Waals surface area contributed by atoms with Gasteiger partial charge in [0.15, 0.2) is 0 Å². The van der Waals surface area contributed by atoms with Crippen LogP contribution in [0.5, 0.6) is 0 Å². The van der Waals surface area contributed by atoms with E-state index in [1.54, 1.807) is 24.1 Å². The third-order valence-electron chi connectivity index (χ3n) is 3.41. The molecule has 0 aliphatic carbocycles. The van der Waals surface area contributed by atoms with E-state index in [4.69, 9.17) is 4.74 Å². The summed E-state index contributed by atoms with van der Waals surface area (Å²) in [6.07, 6.45) is 3.65. The van der Waals surface area contributed by atoms with Crippen LogP contribution in [0.1, 0.15) is 18.9 Å². The fourth-order valence-electron chi connectivity index (χ4n) is 2.17. The number of amides is 1. The molecule has 0 aliphatic rings. The van der Waals surface area contributed by atoms with Gasteiger partial charge in [0, 0.05) is 6.20 Å². The predicted octanol–water partition coefficient (Wildman–Crippen LogP) is 3.60. The van der Waals surface area contributed by atoms with Gasteiger partial charge in [0.25, 0.3) is 5.91 Å². The summed E-state index contributed by atoms with van der Waals surface area (Å²) in [7, 11) is 0. The lowest BCUT2D eigenvalue weighted by Gasteiger charge is -2.25. The van der Waals surface area contributed by atoms with E-state index in [1.165, 1.54) is 0 Å². The van der Waals surface area contributed by atoms with Crippen LogP contribution in [0.4, 0.5) is 5.82 Å². The van der Waals surface area contributed by atoms with Gasteiger partial charge in [0.1, 0.15) is 11.9 Å². The Balaban J connectivity index is 2.16. The molecule has 0 N–H and O–H groups in total. The second kappa shape index (κ2) is 8.86. The molecule has 1 atom stereocenters. The second-order valence-electron chi connectivity index (χ2n) is 5.19. The first-order valence-corrected chi connectivity index (χ1v) is 7.71. The molecule has 0 saturated carbocycles. The normalized spacial score (nSPS) is 11.7. The molecule has 0 saturated heterocycles. The standard InChI is InChI=1S/C19H22N2O2/c1-3-4-14-23-16(2)19(22)21(18-12-8-9-13-20-18)15-17-10-6-5-7-11-17/h3,5-13,16H,1,4,14-15H2,2H3. The number of anilines is 1. The maximum atomic E-state index is 12.8.